The number of rotatable bonds is 2. The second-order valence-corrected chi connectivity index (χ2v) is 8.93. The van der Waals surface area contributed by atoms with Gasteiger partial charge in [-0.25, -0.2) is 0 Å². The highest BCUT2D eigenvalue weighted by Gasteiger charge is 2.65. The molecule has 0 aromatic heterocycles. The van der Waals surface area contributed by atoms with Gasteiger partial charge in [0.15, 0.2) is 5.79 Å². The Bertz CT molecular complexity index is 569. The van der Waals surface area contributed by atoms with Gasteiger partial charge in [0.2, 0.25) is 0 Å². The quantitative estimate of drug-likeness (QED) is 0.765. The molecule has 0 N–H and O–H groups in total. The van der Waals surface area contributed by atoms with Crippen molar-refractivity contribution in [3.63, 3.8) is 0 Å². The van der Waals surface area contributed by atoms with E-state index in [0.717, 1.165) is 44.9 Å². The summed E-state index contributed by atoms with van der Waals surface area (Å²) in [6.45, 7) is 1.98. The molecule has 138 valence electrons. The Kier molecular flexibility index (Phi) is 3.91. The summed E-state index contributed by atoms with van der Waals surface area (Å²) in [4.78, 5) is 0. The first kappa shape index (κ1) is 16.5. The lowest BCUT2D eigenvalue weighted by Crippen LogP contribution is -2.53. The van der Waals surface area contributed by atoms with Crippen LogP contribution in [0.25, 0.3) is 0 Å². The molecule has 3 aliphatic heterocycles. The largest absolute Gasteiger partial charge is 0.369 e. The van der Waals surface area contributed by atoms with Crippen LogP contribution in [0.2, 0.25) is 0 Å². The predicted molar refractivity (Wildman–Crippen MR) is 89.7 cm³/mol. The Hall–Kier alpha value is -0.670. The average molecular weight is 347 g/mol. The van der Waals surface area contributed by atoms with Gasteiger partial charge in [-0.15, -0.1) is 0 Å². The average Bonchev–Trinajstić information content (AvgIpc) is 3.11. The van der Waals surface area contributed by atoms with E-state index >= 15 is 0 Å². The van der Waals surface area contributed by atoms with Gasteiger partial charge in [0.1, 0.15) is 6.10 Å². The van der Waals surface area contributed by atoms with Gasteiger partial charge < -0.3 is 18.9 Å². The van der Waals surface area contributed by atoms with Crippen LogP contribution in [0.15, 0.2) is 0 Å². The number of hydrogen-bond donors (Lipinski definition) is 0. The monoisotopic (exact) mass is 347 g/mol. The molecule has 5 aliphatic rings. The molecule has 5 nitrogen and oxygen atoms in total. The molecule has 0 aromatic carbocycles. The highest BCUT2D eigenvalue weighted by molar-refractivity contribution is 5.12. The molecule has 2 aliphatic carbocycles. The third-order valence-corrected chi connectivity index (χ3v) is 7.07. The number of hydrogen-bond acceptors (Lipinski definition) is 5. The van der Waals surface area contributed by atoms with E-state index in [4.69, 9.17) is 24.2 Å². The minimum Gasteiger partial charge on any atom is -0.369 e. The Morgan fingerprint density at radius 1 is 1.04 bits per heavy atom. The van der Waals surface area contributed by atoms with E-state index in [1.54, 1.807) is 0 Å². The molecule has 3 heterocycles. The van der Waals surface area contributed by atoms with E-state index in [0.29, 0.717) is 0 Å². The van der Waals surface area contributed by atoms with Gasteiger partial charge in [0.05, 0.1) is 36.1 Å². The molecule has 5 rings (SSSR count). The van der Waals surface area contributed by atoms with Gasteiger partial charge in [0, 0.05) is 31.6 Å². The summed E-state index contributed by atoms with van der Waals surface area (Å²) in [5.74, 6) is -0.305. The molecular weight excluding hydrogens is 318 g/mol. The van der Waals surface area contributed by atoms with Crippen molar-refractivity contribution in [1.82, 2.24) is 0 Å². The molecule has 2 unspecified atom stereocenters. The van der Waals surface area contributed by atoms with Gasteiger partial charge in [-0.05, 0) is 39.0 Å². The lowest BCUT2D eigenvalue weighted by Gasteiger charge is -2.44. The van der Waals surface area contributed by atoms with Crippen molar-refractivity contribution >= 4 is 0 Å². The van der Waals surface area contributed by atoms with Crippen molar-refractivity contribution in [1.29, 1.82) is 5.26 Å². The van der Waals surface area contributed by atoms with Crippen molar-refractivity contribution in [3.05, 3.63) is 0 Å². The van der Waals surface area contributed by atoms with Crippen LogP contribution >= 0.6 is 0 Å². The maximum absolute atomic E-state index is 9.12. The van der Waals surface area contributed by atoms with Crippen LogP contribution in [0.5, 0.6) is 0 Å². The SMILES string of the molecule is C[C@@H](C#N)CC1CC[C@@H]2O[C@@H]3CC2(C[C@H]2OC4(CCCCC4)O[C@@H]32)O1. The number of ether oxygens (including phenoxy) is 4. The van der Waals surface area contributed by atoms with E-state index in [9.17, 15) is 0 Å². The summed E-state index contributed by atoms with van der Waals surface area (Å²) in [6, 6.07) is 2.35. The number of fused-ring (bicyclic) bond motifs is 3. The molecule has 3 saturated heterocycles. The van der Waals surface area contributed by atoms with Gasteiger partial charge >= 0.3 is 0 Å². The van der Waals surface area contributed by atoms with Crippen molar-refractivity contribution in [2.24, 2.45) is 5.92 Å². The van der Waals surface area contributed by atoms with E-state index in [1.165, 1.54) is 19.3 Å². The number of nitriles is 1. The zero-order chi connectivity index (χ0) is 17.1. The van der Waals surface area contributed by atoms with Gasteiger partial charge in [0.25, 0.3) is 0 Å². The fourth-order valence-corrected chi connectivity index (χ4v) is 5.94. The second kappa shape index (κ2) is 5.92. The van der Waals surface area contributed by atoms with Gasteiger partial charge in [-0.3, -0.25) is 0 Å². The first-order valence-electron chi connectivity index (χ1n) is 10.2. The Morgan fingerprint density at radius 3 is 2.64 bits per heavy atom. The van der Waals surface area contributed by atoms with E-state index < -0.39 is 0 Å². The molecule has 2 bridgehead atoms. The molecule has 0 aromatic rings. The first-order chi connectivity index (χ1) is 12.1. The molecule has 0 radical (unpaired) electrons. The highest BCUT2D eigenvalue weighted by atomic mass is 16.8. The molecule has 0 amide bonds. The minimum absolute atomic E-state index is 0.0454. The summed E-state index contributed by atoms with van der Waals surface area (Å²) < 4.78 is 26.0. The maximum Gasteiger partial charge on any atom is 0.169 e. The van der Waals surface area contributed by atoms with E-state index in [2.05, 4.69) is 6.07 Å². The summed E-state index contributed by atoms with van der Waals surface area (Å²) in [7, 11) is 0. The third-order valence-electron chi connectivity index (χ3n) is 7.07. The van der Waals surface area contributed by atoms with Crippen LogP contribution in [0.3, 0.4) is 0 Å². The second-order valence-electron chi connectivity index (χ2n) is 8.93. The summed E-state index contributed by atoms with van der Waals surface area (Å²) in [5.41, 5.74) is -0.215. The normalized spacial score (nSPS) is 48.6. The number of nitrogens with zero attached hydrogens (tertiary/aromatic N) is 1. The summed E-state index contributed by atoms with van der Waals surface area (Å²) in [5, 5.41) is 9.12. The van der Waals surface area contributed by atoms with Gasteiger partial charge in [-0.1, -0.05) is 6.42 Å². The first-order valence-corrected chi connectivity index (χ1v) is 10.2. The van der Waals surface area contributed by atoms with Crippen molar-refractivity contribution in [3.8, 4) is 6.07 Å². The molecule has 7 atom stereocenters. The molecule has 5 fully saturated rings. The molecule has 5 heteroatoms. The van der Waals surface area contributed by atoms with Crippen LogP contribution in [0.1, 0.15) is 71.1 Å². The van der Waals surface area contributed by atoms with Gasteiger partial charge in [-0.2, -0.15) is 5.26 Å². The maximum atomic E-state index is 9.12. The van der Waals surface area contributed by atoms with Crippen LogP contribution in [0, 0.1) is 17.2 Å². The standard InChI is InChI=1S/C20H29NO4/c1-13(12-21)9-14-5-6-17-19(23-14)10-15(22-17)18-16(11-19)24-20(25-18)7-3-2-4-8-20/h13-18H,2-11H2,1H3/t13-,14?,15-,16-,17+,18+,19?/m1/s1. The van der Waals surface area contributed by atoms with Crippen molar-refractivity contribution in [2.75, 3.05) is 0 Å². The fourth-order valence-electron chi connectivity index (χ4n) is 5.94. The van der Waals surface area contributed by atoms with Crippen LogP contribution in [-0.4, -0.2) is 41.9 Å². The lowest BCUT2D eigenvalue weighted by atomic mass is 9.76. The summed E-state index contributed by atoms with van der Waals surface area (Å²) in [6.07, 6.45) is 11.0. The van der Waals surface area contributed by atoms with Crippen LogP contribution in [0.4, 0.5) is 0 Å². The Balaban J connectivity index is 1.33. The van der Waals surface area contributed by atoms with Crippen LogP contribution < -0.4 is 0 Å². The molecule has 25 heavy (non-hydrogen) atoms. The van der Waals surface area contributed by atoms with E-state index in [1.807, 2.05) is 6.92 Å². The smallest absolute Gasteiger partial charge is 0.169 e. The minimum atomic E-state index is -0.350. The van der Waals surface area contributed by atoms with Crippen molar-refractivity contribution < 1.29 is 18.9 Å². The topological polar surface area (TPSA) is 60.7 Å². The predicted octanol–water partition coefficient (Wildman–Crippen LogP) is 3.46. The zero-order valence-corrected chi connectivity index (χ0v) is 15.1. The third kappa shape index (κ3) is 2.65. The molecule has 2 spiro atoms. The highest BCUT2D eigenvalue weighted by Crippen LogP contribution is 2.55. The van der Waals surface area contributed by atoms with E-state index in [-0.39, 0.29) is 47.8 Å². The molecular formula is C20H29NO4. The molecule has 2 saturated carbocycles. The Labute approximate surface area is 149 Å². The lowest BCUT2D eigenvalue weighted by molar-refractivity contribution is -0.216. The zero-order valence-electron chi connectivity index (χ0n) is 15.1. The Morgan fingerprint density at radius 2 is 1.84 bits per heavy atom. The van der Waals surface area contributed by atoms with Crippen LogP contribution in [-0.2, 0) is 18.9 Å². The van der Waals surface area contributed by atoms with Crippen molar-refractivity contribution in [2.45, 2.75) is 113 Å². The summed E-state index contributed by atoms with van der Waals surface area (Å²) >= 11 is 0. The fraction of sp³-hybridized carbons (Fsp3) is 0.950.